The van der Waals surface area contributed by atoms with Crippen LogP contribution in [0.3, 0.4) is 0 Å². The first-order chi connectivity index (χ1) is 5.83. The van der Waals surface area contributed by atoms with Gasteiger partial charge >= 0.3 is 0 Å². The number of carbonyl (C=O) groups is 4. The normalized spacial score (nSPS) is 7.33. The van der Waals surface area contributed by atoms with E-state index in [-0.39, 0.29) is 0 Å². The number of unbranched alkanes of at least 4 members (excludes halogenated alkanes) is 2. The highest BCUT2D eigenvalue weighted by Crippen LogP contribution is 1.73. The van der Waals surface area contributed by atoms with Crippen LogP contribution in [0.25, 0.3) is 0 Å². The molecule has 0 unspecified atom stereocenters. The Labute approximate surface area is 70.9 Å². The Morgan fingerprint density at radius 1 is 0.500 bits per heavy atom. The lowest BCUT2D eigenvalue weighted by atomic mass is 10.4. The molecule has 0 saturated carbocycles. The molecule has 0 spiro atoms. The zero-order valence-electron chi connectivity index (χ0n) is 6.77. The first kappa shape index (κ1) is 13.3. The van der Waals surface area contributed by atoms with Crippen molar-refractivity contribution in [1.82, 2.24) is 0 Å². The van der Waals surface area contributed by atoms with Gasteiger partial charge in [0, 0.05) is 25.7 Å². The van der Waals surface area contributed by atoms with Crippen LogP contribution in [0.5, 0.6) is 0 Å². The van der Waals surface area contributed by atoms with E-state index in [0.29, 0.717) is 25.7 Å². The summed E-state index contributed by atoms with van der Waals surface area (Å²) in [7, 11) is 0. The van der Waals surface area contributed by atoms with Crippen LogP contribution in [0.2, 0.25) is 0 Å². The van der Waals surface area contributed by atoms with Crippen molar-refractivity contribution in [1.29, 1.82) is 0 Å². The molecule has 0 amide bonds. The van der Waals surface area contributed by atoms with Crippen molar-refractivity contribution in [2.24, 2.45) is 0 Å². The van der Waals surface area contributed by atoms with Gasteiger partial charge in [-0.05, 0) is 0 Å². The van der Waals surface area contributed by atoms with Crippen molar-refractivity contribution in [3.8, 4) is 0 Å². The smallest absolute Gasteiger partial charge is 0.120 e. The van der Waals surface area contributed by atoms with Crippen molar-refractivity contribution < 1.29 is 19.2 Å². The third-order valence-electron chi connectivity index (χ3n) is 0.805. The molecule has 0 aliphatic carbocycles. The van der Waals surface area contributed by atoms with Gasteiger partial charge in [-0.1, -0.05) is 0 Å². The largest absolute Gasteiger partial charge is 0.303 e. The average Bonchev–Trinajstić information content (AvgIpc) is 2.12. The fourth-order valence-corrected chi connectivity index (χ4v) is 0.272. The average molecular weight is 172 g/mol. The summed E-state index contributed by atoms with van der Waals surface area (Å²) in [6.07, 6.45) is 4.38. The minimum atomic E-state index is 0.365. The van der Waals surface area contributed by atoms with Crippen molar-refractivity contribution in [3.05, 3.63) is 0 Å². The molecule has 12 heavy (non-hydrogen) atoms. The Balaban J connectivity index is 0. The Bertz CT molecular complexity index is 99.0. The molecular weight excluding hydrogens is 160 g/mol. The van der Waals surface area contributed by atoms with Gasteiger partial charge in [0.25, 0.3) is 0 Å². The van der Waals surface area contributed by atoms with Gasteiger partial charge in [-0.3, -0.25) is 0 Å². The molecule has 0 aromatic heterocycles. The molecule has 68 valence electrons. The van der Waals surface area contributed by atoms with Crippen LogP contribution in [-0.2, 0) is 19.2 Å². The second kappa shape index (κ2) is 16.3. The predicted molar refractivity (Wildman–Crippen MR) is 42.7 cm³/mol. The molecule has 0 fully saturated rings. The number of hydrogen-bond acceptors (Lipinski definition) is 4. The highest BCUT2D eigenvalue weighted by molar-refractivity contribution is 5.58. The van der Waals surface area contributed by atoms with Crippen molar-refractivity contribution >= 4 is 25.1 Å². The van der Waals surface area contributed by atoms with E-state index in [1.807, 2.05) is 0 Å². The van der Waals surface area contributed by atoms with Crippen LogP contribution in [0, 0.1) is 0 Å². The molecule has 4 heteroatoms. The highest BCUT2D eigenvalue weighted by Gasteiger charge is 1.75. The summed E-state index contributed by atoms with van der Waals surface area (Å²) < 4.78 is 0. The monoisotopic (exact) mass is 172 g/mol. The maximum atomic E-state index is 9.40. The first-order valence-corrected chi connectivity index (χ1v) is 3.58. The first-order valence-electron chi connectivity index (χ1n) is 3.58. The standard InChI is InChI=1S/2C4H6O2/c2*5-3-1-2-4-6/h2*3-4H,1-2H2. The quantitative estimate of drug-likeness (QED) is 0.427. The SMILES string of the molecule is O=CCCC=O.O=CCCC=O. The second-order valence-corrected chi connectivity index (χ2v) is 1.82. The molecule has 0 rings (SSSR count). The third kappa shape index (κ3) is 23.4. The van der Waals surface area contributed by atoms with E-state index in [9.17, 15) is 19.2 Å². The number of hydrogen-bond donors (Lipinski definition) is 0. The summed E-state index contributed by atoms with van der Waals surface area (Å²) in [6, 6.07) is 0. The van der Waals surface area contributed by atoms with E-state index < -0.39 is 0 Å². The van der Waals surface area contributed by atoms with Gasteiger partial charge in [0.05, 0.1) is 0 Å². The van der Waals surface area contributed by atoms with Gasteiger partial charge in [0.15, 0.2) is 0 Å². The van der Waals surface area contributed by atoms with Crippen LogP contribution in [0.15, 0.2) is 0 Å². The van der Waals surface area contributed by atoms with Crippen molar-refractivity contribution in [3.63, 3.8) is 0 Å². The lowest BCUT2D eigenvalue weighted by molar-refractivity contribution is -0.112. The van der Waals surface area contributed by atoms with Gasteiger partial charge in [0.2, 0.25) is 0 Å². The van der Waals surface area contributed by atoms with E-state index in [1.54, 1.807) is 0 Å². The lowest BCUT2D eigenvalue weighted by Gasteiger charge is -1.68. The molecule has 4 nitrogen and oxygen atoms in total. The maximum Gasteiger partial charge on any atom is 0.120 e. The van der Waals surface area contributed by atoms with Crippen LogP contribution in [-0.4, -0.2) is 25.1 Å². The molecule has 0 aromatic rings. The van der Waals surface area contributed by atoms with E-state index in [1.165, 1.54) is 0 Å². The lowest BCUT2D eigenvalue weighted by Crippen LogP contribution is -1.73. The topological polar surface area (TPSA) is 68.3 Å². The summed E-state index contributed by atoms with van der Waals surface area (Å²) in [5, 5.41) is 0. The van der Waals surface area contributed by atoms with Crippen molar-refractivity contribution in [2.45, 2.75) is 25.7 Å². The Hall–Kier alpha value is -1.32. The second-order valence-electron chi connectivity index (χ2n) is 1.82. The molecule has 0 radical (unpaired) electrons. The van der Waals surface area contributed by atoms with Crippen LogP contribution in [0.4, 0.5) is 0 Å². The Morgan fingerprint density at radius 3 is 0.750 bits per heavy atom. The highest BCUT2D eigenvalue weighted by atomic mass is 16.1. The van der Waals surface area contributed by atoms with Crippen LogP contribution >= 0.6 is 0 Å². The summed E-state index contributed by atoms with van der Waals surface area (Å²) in [5.41, 5.74) is 0. The fraction of sp³-hybridized carbons (Fsp3) is 0.500. The fourth-order valence-electron chi connectivity index (χ4n) is 0.272. The Morgan fingerprint density at radius 2 is 0.667 bits per heavy atom. The maximum absolute atomic E-state index is 9.40. The van der Waals surface area contributed by atoms with E-state index in [2.05, 4.69) is 0 Å². The van der Waals surface area contributed by atoms with Crippen LogP contribution < -0.4 is 0 Å². The predicted octanol–water partition coefficient (Wildman–Crippen LogP) is 0.329. The molecule has 0 bridgehead atoms. The molecule has 0 aliphatic heterocycles. The third-order valence-corrected chi connectivity index (χ3v) is 0.805. The summed E-state index contributed by atoms with van der Waals surface area (Å²) in [4.78, 5) is 37.6. The zero-order chi connectivity index (χ0) is 9.66. The molecular formula is C8H12O4. The molecule has 0 atom stereocenters. The number of carbonyl (C=O) groups excluding carboxylic acids is 4. The van der Waals surface area contributed by atoms with Crippen LogP contribution in [0.1, 0.15) is 25.7 Å². The molecule has 0 saturated heterocycles. The van der Waals surface area contributed by atoms with E-state index in [0.717, 1.165) is 25.1 Å². The van der Waals surface area contributed by atoms with Gasteiger partial charge in [-0.2, -0.15) is 0 Å². The minimum absolute atomic E-state index is 0.365. The van der Waals surface area contributed by atoms with Gasteiger partial charge in [-0.25, -0.2) is 0 Å². The molecule has 0 aliphatic rings. The zero-order valence-corrected chi connectivity index (χ0v) is 6.77. The molecule has 0 aromatic carbocycles. The van der Waals surface area contributed by atoms with Gasteiger partial charge < -0.3 is 19.2 Å². The van der Waals surface area contributed by atoms with Gasteiger partial charge in [0.1, 0.15) is 25.1 Å². The van der Waals surface area contributed by atoms with Crippen molar-refractivity contribution in [2.75, 3.05) is 0 Å². The molecule has 0 heterocycles. The van der Waals surface area contributed by atoms with E-state index >= 15 is 0 Å². The Kier molecular flexibility index (Phi) is 18.1. The summed E-state index contributed by atoms with van der Waals surface area (Å²) in [6.45, 7) is 0. The van der Waals surface area contributed by atoms with E-state index in [4.69, 9.17) is 0 Å². The molecule has 0 N–H and O–H groups in total. The van der Waals surface area contributed by atoms with Gasteiger partial charge in [-0.15, -0.1) is 0 Å². The number of aldehydes is 4. The summed E-state index contributed by atoms with van der Waals surface area (Å²) in [5.74, 6) is 0. The minimum Gasteiger partial charge on any atom is -0.303 e. The summed E-state index contributed by atoms with van der Waals surface area (Å²) >= 11 is 0. The number of rotatable bonds is 6.